The van der Waals surface area contributed by atoms with Crippen molar-refractivity contribution in [2.75, 3.05) is 23.8 Å². The Morgan fingerprint density at radius 1 is 1.47 bits per heavy atom. The Morgan fingerprint density at radius 2 is 2.24 bits per heavy atom. The number of nitrogen functional groups attached to an aromatic ring is 1. The highest BCUT2D eigenvalue weighted by molar-refractivity contribution is 7.99. The molecule has 0 bridgehead atoms. The fourth-order valence-corrected chi connectivity index (χ4v) is 2.72. The third kappa shape index (κ3) is 4.56. The first-order valence-electron chi connectivity index (χ1n) is 6.22. The van der Waals surface area contributed by atoms with Crippen molar-refractivity contribution in [3.8, 4) is 0 Å². The first-order valence-corrected chi connectivity index (χ1v) is 7.37. The maximum Gasteiger partial charge on any atom is 0.128 e. The molecule has 0 amide bonds. The molecule has 0 aromatic carbocycles. The molecule has 4 heteroatoms. The van der Waals surface area contributed by atoms with E-state index in [1.807, 2.05) is 18.0 Å². The second kappa shape index (κ2) is 7.56. The summed E-state index contributed by atoms with van der Waals surface area (Å²) in [6.45, 7) is 7.33. The van der Waals surface area contributed by atoms with Gasteiger partial charge < -0.3 is 11.1 Å². The number of nitrogens with one attached hydrogen (secondary N) is 1. The molecule has 0 aliphatic heterocycles. The van der Waals surface area contributed by atoms with Crippen molar-refractivity contribution in [1.29, 1.82) is 0 Å². The number of pyridine rings is 1. The molecule has 1 aromatic rings. The van der Waals surface area contributed by atoms with E-state index in [0.717, 1.165) is 23.4 Å². The first-order chi connectivity index (χ1) is 8.19. The Balaban J connectivity index is 2.77. The van der Waals surface area contributed by atoms with Gasteiger partial charge in [0, 0.05) is 23.6 Å². The molecule has 1 atom stereocenters. The number of nitrogens with two attached hydrogens (primary N) is 1. The Labute approximate surface area is 109 Å². The van der Waals surface area contributed by atoms with Crippen LogP contribution in [0.3, 0.4) is 0 Å². The average Bonchev–Trinajstić information content (AvgIpc) is 2.32. The lowest BCUT2D eigenvalue weighted by Gasteiger charge is -2.19. The Morgan fingerprint density at radius 3 is 2.88 bits per heavy atom. The molecule has 0 aliphatic rings. The van der Waals surface area contributed by atoms with Gasteiger partial charge in [-0.2, -0.15) is 11.8 Å². The molecule has 1 aromatic heterocycles. The minimum absolute atomic E-state index is 0.309. The molecular formula is C13H23N3S. The zero-order valence-electron chi connectivity index (χ0n) is 11.0. The summed E-state index contributed by atoms with van der Waals surface area (Å²) in [5.41, 5.74) is 8.26. The van der Waals surface area contributed by atoms with E-state index < -0.39 is 0 Å². The molecule has 3 N–H and O–H groups in total. The number of aromatic nitrogens is 1. The van der Waals surface area contributed by atoms with Crippen LogP contribution in [0.25, 0.3) is 0 Å². The van der Waals surface area contributed by atoms with Gasteiger partial charge in [-0.3, -0.25) is 0 Å². The minimum Gasteiger partial charge on any atom is -0.383 e. The summed E-state index contributed by atoms with van der Waals surface area (Å²) < 4.78 is 0. The van der Waals surface area contributed by atoms with Gasteiger partial charge in [0.2, 0.25) is 0 Å². The van der Waals surface area contributed by atoms with E-state index in [2.05, 4.69) is 37.1 Å². The van der Waals surface area contributed by atoms with Crippen molar-refractivity contribution >= 4 is 17.6 Å². The third-order valence-corrected chi connectivity index (χ3v) is 3.81. The molecule has 0 saturated carbocycles. The molecule has 17 heavy (non-hydrogen) atoms. The molecule has 0 saturated heterocycles. The molecular weight excluding hydrogens is 230 g/mol. The highest BCUT2D eigenvalue weighted by Gasteiger charge is 2.14. The second-order valence-corrected chi connectivity index (χ2v) is 5.32. The lowest BCUT2D eigenvalue weighted by molar-refractivity contribution is 0.605. The summed E-state index contributed by atoms with van der Waals surface area (Å²) in [4.78, 5) is 4.24. The summed E-state index contributed by atoms with van der Waals surface area (Å²) in [6, 6.07) is 2.45. The SMILES string of the molecule is CCCSCC(NCC)c1cc(C)cnc1N. The standard InChI is InChI=1S/C13H23N3S/c1-4-6-17-9-12(15-5-2)11-7-10(3)8-16-13(11)14/h7-8,12,15H,4-6,9H2,1-3H3,(H2,14,16). The van der Waals surface area contributed by atoms with Crippen LogP contribution in [0, 0.1) is 6.92 Å². The normalized spacial score (nSPS) is 12.6. The fourth-order valence-electron chi connectivity index (χ4n) is 1.73. The van der Waals surface area contributed by atoms with Crippen LogP contribution in [-0.4, -0.2) is 23.0 Å². The summed E-state index contributed by atoms with van der Waals surface area (Å²) in [5.74, 6) is 2.90. The Kier molecular flexibility index (Phi) is 6.37. The molecule has 0 spiro atoms. The van der Waals surface area contributed by atoms with Gasteiger partial charge in [-0.15, -0.1) is 0 Å². The topological polar surface area (TPSA) is 50.9 Å². The molecule has 1 rings (SSSR count). The molecule has 0 fully saturated rings. The van der Waals surface area contributed by atoms with Crippen LogP contribution in [0.15, 0.2) is 12.3 Å². The van der Waals surface area contributed by atoms with Crippen molar-refractivity contribution in [1.82, 2.24) is 10.3 Å². The van der Waals surface area contributed by atoms with Gasteiger partial charge in [-0.05, 0) is 37.3 Å². The summed E-state index contributed by atoms with van der Waals surface area (Å²) in [7, 11) is 0. The zero-order valence-corrected chi connectivity index (χ0v) is 11.8. The Hall–Kier alpha value is -0.740. The summed E-state index contributed by atoms with van der Waals surface area (Å²) in [6.07, 6.45) is 3.03. The third-order valence-electron chi connectivity index (χ3n) is 2.55. The molecule has 96 valence electrons. The van der Waals surface area contributed by atoms with Gasteiger partial charge in [-0.25, -0.2) is 4.98 Å². The first kappa shape index (κ1) is 14.3. The smallest absolute Gasteiger partial charge is 0.128 e. The number of hydrogen-bond acceptors (Lipinski definition) is 4. The number of thioether (sulfide) groups is 1. The maximum absolute atomic E-state index is 5.96. The van der Waals surface area contributed by atoms with Crippen LogP contribution >= 0.6 is 11.8 Å². The van der Waals surface area contributed by atoms with Gasteiger partial charge in [0.05, 0.1) is 0 Å². The molecule has 1 heterocycles. The predicted octanol–water partition coefficient (Wildman–Crippen LogP) is 2.77. The average molecular weight is 253 g/mol. The van der Waals surface area contributed by atoms with Crippen LogP contribution in [0.1, 0.15) is 37.4 Å². The van der Waals surface area contributed by atoms with Crippen molar-refractivity contribution < 1.29 is 0 Å². The molecule has 0 radical (unpaired) electrons. The monoisotopic (exact) mass is 253 g/mol. The number of rotatable bonds is 7. The Bertz CT molecular complexity index is 341. The predicted molar refractivity (Wildman–Crippen MR) is 77.4 cm³/mol. The number of anilines is 1. The lowest BCUT2D eigenvalue weighted by Crippen LogP contribution is -2.24. The second-order valence-electron chi connectivity index (χ2n) is 4.17. The van der Waals surface area contributed by atoms with E-state index in [4.69, 9.17) is 5.73 Å². The molecule has 1 unspecified atom stereocenters. The van der Waals surface area contributed by atoms with Gasteiger partial charge >= 0.3 is 0 Å². The lowest BCUT2D eigenvalue weighted by atomic mass is 10.1. The van der Waals surface area contributed by atoms with E-state index in [1.54, 1.807) is 0 Å². The van der Waals surface area contributed by atoms with Gasteiger partial charge in [0.1, 0.15) is 5.82 Å². The van der Waals surface area contributed by atoms with Crippen molar-refractivity contribution in [3.63, 3.8) is 0 Å². The van der Waals surface area contributed by atoms with Crippen LogP contribution in [0.5, 0.6) is 0 Å². The molecule has 0 aliphatic carbocycles. The number of hydrogen-bond donors (Lipinski definition) is 2. The van der Waals surface area contributed by atoms with Gasteiger partial charge in [0.15, 0.2) is 0 Å². The van der Waals surface area contributed by atoms with Crippen LogP contribution < -0.4 is 11.1 Å². The van der Waals surface area contributed by atoms with Gasteiger partial charge in [0.25, 0.3) is 0 Å². The maximum atomic E-state index is 5.96. The minimum atomic E-state index is 0.309. The summed E-state index contributed by atoms with van der Waals surface area (Å²) in [5, 5.41) is 3.49. The van der Waals surface area contributed by atoms with E-state index >= 15 is 0 Å². The van der Waals surface area contributed by atoms with Crippen LogP contribution in [0.2, 0.25) is 0 Å². The number of aryl methyl sites for hydroxylation is 1. The highest BCUT2D eigenvalue weighted by atomic mass is 32.2. The van der Waals surface area contributed by atoms with Crippen molar-refractivity contribution in [3.05, 3.63) is 23.4 Å². The fraction of sp³-hybridized carbons (Fsp3) is 0.615. The zero-order chi connectivity index (χ0) is 12.7. The summed E-state index contributed by atoms with van der Waals surface area (Å²) >= 11 is 1.96. The largest absolute Gasteiger partial charge is 0.383 e. The van der Waals surface area contributed by atoms with Crippen molar-refractivity contribution in [2.45, 2.75) is 33.2 Å². The van der Waals surface area contributed by atoms with E-state index in [9.17, 15) is 0 Å². The van der Waals surface area contributed by atoms with Crippen LogP contribution in [-0.2, 0) is 0 Å². The van der Waals surface area contributed by atoms with E-state index in [0.29, 0.717) is 11.9 Å². The highest BCUT2D eigenvalue weighted by Crippen LogP contribution is 2.23. The quantitative estimate of drug-likeness (QED) is 0.734. The van der Waals surface area contributed by atoms with E-state index in [-0.39, 0.29) is 0 Å². The molecule has 3 nitrogen and oxygen atoms in total. The van der Waals surface area contributed by atoms with Crippen LogP contribution in [0.4, 0.5) is 5.82 Å². The van der Waals surface area contributed by atoms with Crippen molar-refractivity contribution in [2.24, 2.45) is 0 Å². The van der Waals surface area contributed by atoms with Gasteiger partial charge in [-0.1, -0.05) is 13.8 Å². The number of nitrogens with zero attached hydrogens (tertiary/aromatic N) is 1. The van der Waals surface area contributed by atoms with E-state index in [1.165, 1.54) is 12.2 Å².